The fourth-order valence-electron chi connectivity index (χ4n) is 1.16. The fourth-order valence-corrected chi connectivity index (χ4v) is 2.29. The SMILES string of the molecule is ClC(Cl)(Cl)c1ccccc1C(Cl)(Cl)C(Cl)(Cl)Cl. The van der Waals surface area contributed by atoms with Gasteiger partial charge in [0.2, 0.25) is 7.59 Å². The van der Waals surface area contributed by atoms with Gasteiger partial charge in [0, 0.05) is 5.56 Å². The molecule has 0 heterocycles. The first-order valence-corrected chi connectivity index (χ1v) is 7.11. The van der Waals surface area contributed by atoms with E-state index >= 15 is 0 Å². The summed E-state index contributed by atoms with van der Waals surface area (Å²) in [6, 6.07) is 6.37. The topological polar surface area (TPSA) is 0 Å². The quantitative estimate of drug-likeness (QED) is 0.475. The van der Waals surface area contributed by atoms with Gasteiger partial charge in [-0.2, -0.15) is 0 Å². The van der Waals surface area contributed by atoms with Gasteiger partial charge in [0.15, 0.2) is 4.33 Å². The summed E-state index contributed by atoms with van der Waals surface area (Å²) in [7, 11) is 0. The molecule has 0 aliphatic carbocycles. The summed E-state index contributed by atoms with van der Waals surface area (Å²) >= 11 is 46.7. The normalized spacial score (nSPS) is 13.9. The van der Waals surface area contributed by atoms with Gasteiger partial charge < -0.3 is 0 Å². The summed E-state index contributed by atoms with van der Waals surface area (Å²) in [5.74, 6) is 0. The Morgan fingerprint density at radius 2 is 1.06 bits per heavy atom. The van der Waals surface area contributed by atoms with Crippen LogP contribution in [0.3, 0.4) is 0 Å². The van der Waals surface area contributed by atoms with E-state index in [1.54, 1.807) is 12.1 Å². The molecule has 17 heavy (non-hydrogen) atoms. The maximum absolute atomic E-state index is 6.04. The van der Waals surface area contributed by atoms with Crippen molar-refractivity contribution in [3.63, 3.8) is 0 Å². The molecule has 1 aromatic rings. The molecule has 1 aromatic carbocycles. The first-order chi connectivity index (χ1) is 7.48. The van der Waals surface area contributed by atoms with E-state index in [4.69, 9.17) is 92.8 Å². The molecule has 96 valence electrons. The summed E-state index contributed by atoms with van der Waals surface area (Å²) < 4.78 is -5.53. The molecule has 8 heteroatoms. The van der Waals surface area contributed by atoms with E-state index in [0.717, 1.165) is 0 Å². The summed E-state index contributed by atoms with van der Waals surface area (Å²) in [4.78, 5) is 0. The number of rotatable bonds is 1. The highest BCUT2D eigenvalue weighted by atomic mass is 35.6. The number of benzene rings is 1. The Kier molecular flexibility index (Phi) is 5.37. The fraction of sp³-hybridized carbons (Fsp3) is 0.333. The maximum Gasteiger partial charge on any atom is 0.227 e. The van der Waals surface area contributed by atoms with E-state index < -0.39 is 11.9 Å². The van der Waals surface area contributed by atoms with Gasteiger partial charge >= 0.3 is 0 Å². The third-order valence-corrected chi connectivity index (χ3v) is 4.94. The molecule has 0 spiro atoms. The highest BCUT2D eigenvalue weighted by molar-refractivity contribution is 6.75. The Bertz CT molecular complexity index is 400. The largest absolute Gasteiger partial charge is 0.227 e. The zero-order valence-corrected chi connectivity index (χ0v) is 13.9. The second-order valence-electron chi connectivity index (χ2n) is 3.12. The third kappa shape index (κ3) is 3.77. The van der Waals surface area contributed by atoms with Crippen molar-refractivity contribution in [1.29, 1.82) is 0 Å². The smallest absolute Gasteiger partial charge is 0.0915 e. The van der Waals surface area contributed by atoms with Crippen molar-refractivity contribution in [3.05, 3.63) is 35.4 Å². The first kappa shape index (κ1) is 16.6. The van der Waals surface area contributed by atoms with Crippen molar-refractivity contribution in [2.45, 2.75) is 11.9 Å². The zero-order valence-electron chi connectivity index (χ0n) is 7.83. The molecule has 1 rings (SSSR count). The lowest BCUT2D eigenvalue weighted by Crippen LogP contribution is -2.30. The maximum atomic E-state index is 6.04. The molecule has 0 fully saturated rings. The average Bonchev–Trinajstić information content (AvgIpc) is 2.14. The van der Waals surface area contributed by atoms with Gasteiger partial charge in [-0.05, 0) is 5.56 Å². The molecule has 0 nitrogen and oxygen atoms in total. The van der Waals surface area contributed by atoms with Crippen LogP contribution in [0.15, 0.2) is 24.3 Å². The van der Waals surface area contributed by atoms with Crippen molar-refractivity contribution >= 4 is 92.8 Å². The number of hydrogen-bond acceptors (Lipinski definition) is 0. The van der Waals surface area contributed by atoms with Crippen molar-refractivity contribution in [3.8, 4) is 0 Å². The summed E-state index contributed by atoms with van der Waals surface area (Å²) in [5.41, 5.74) is 0.477. The molecule has 0 bridgehead atoms. The van der Waals surface area contributed by atoms with Crippen LogP contribution in [-0.4, -0.2) is 3.79 Å². The van der Waals surface area contributed by atoms with Crippen LogP contribution in [0.5, 0.6) is 0 Å². The molecular formula is C9H4Cl8. The second kappa shape index (κ2) is 5.50. The average molecular weight is 396 g/mol. The van der Waals surface area contributed by atoms with E-state index in [2.05, 4.69) is 0 Å². The molecule has 0 aromatic heterocycles. The Balaban J connectivity index is 3.43. The predicted octanol–water partition coefficient (Wildman–Crippen LogP) is 6.51. The van der Waals surface area contributed by atoms with Gasteiger partial charge in [0.05, 0.1) is 0 Å². The summed E-state index contributed by atoms with van der Waals surface area (Å²) in [5, 5.41) is 0. The summed E-state index contributed by atoms with van der Waals surface area (Å²) in [6.45, 7) is 0. The Morgan fingerprint density at radius 3 is 1.41 bits per heavy atom. The van der Waals surface area contributed by atoms with Crippen LogP contribution in [0.25, 0.3) is 0 Å². The molecule has 0 saturated heterocycles. The lowest BCUT2D eigenvalue weighted by molar-refractivity contribution is 0.858. The Morgan fingerprint density at radius 1 is 0.647 bits per heavy atom. The Hall–Kier alpha value is 1.54. The number of alkyl halides is 8. The molecule has 0 atom stereocenters. The monoisotopic (exact) mass is 392 g/mol. The van der Waals surface area contributed by atoms with Gasteiger partial charge in [-0.25, -0.2) is 0 Å². The van der Waals surface area contributed by atoms with Gasteiger partial charge in [-0.15, -0.1) is 0 Å². The van der Waals surface area contributed by atoms with E-state index in [9.17, 15) is 0 Å². The van der Waals surface area contributed by atoms with E-state index in [0.29, 0.717) is 0 Å². The van der Waals surface area contributed by atoms with Gasteiger partial charge in [-0.3, -0.25) is 0 Å². The minimum atomic E-state index is -1.97. The second-order valence-corrected chi connectivity index (χ2v) is 9.01. The minimum Gasteiger partial charge on any atom is -0.0915 e. The molecule has 0 amide bonds. The van der Waals surface area contributed by atoms with E-state index in [-0.39, 0.29) is 11.1 Å². The standard InChI is InChI=1S/C9H4Cl8/c10-7(11,9(15,16)17)5-3-1-2-4-6(5)8(12,13)14/h1-4H. The molecule has 0 N–H and O–H groups in total. The molecule has 0 unspecified atom stereocenters. The van der Waals surface area contributed by atoms with Crippen LogP contribution in [0.4, 0.5) is 0 Å². The first-order valence-electron chi connectivity index (χ1n) is 4.09. The minimum absolute atomic E-state index is 0.225. The van der Waals surface area contributed by atoms with Crippen molar-refractivity contribution < 1.29 is 0 Å². The van der Waals surface area contributed by atoms with Crippen molar-refractivity contribution in [2.75, 3.05) is 0 Å². The molecular weight excluding hydrogens is 392 g/mol. The van der Waals surface area contributed by atoms with Crippen LogP contribution < -0.4 is 0 Å². The number of halogens is 8. The number of hydrogen-bond donors (Lipinski definition) is 0. The van der Waals surface area contributed by atoms with Gasteiger partial charge in [0.25, 0.3) is 0 Å². The molecule has 0 radical (unpaired) electrons. The zero-order chi connectivity index (χ0) is 13.5. The van der Waals surface area contributed by atoms with Gasteiger partial charge in [-0.1, -0.05) is 117 Å². The van der Waals surface area contributed by atoms with Crippen molar-refractivity contribution in [1.82, 2.24) is 0 Å². The van der Waals surface area contributed by atoms with Crippen LogP contribution in [0.2, 0.25) is 0 Å². The third-order valence-electron chi connectivity index (χ3n) is 1.93. The molecule has 0 aliphatic rings. The van der Waals surface area contributed by atoms with Gasteiger partial charge in [0.1, 0.15) is 0 Å². The van der Waals surface area contributed by atoms with Crippen LogP contribution in [0.1, 0.15) is 11.1 Å². The predicted molar refractivity (Wildman–Crippen MR) is 79.4 cm³/mol. The molecule has 0 aliphatic heterocycles. The van der Waals surface area contributed by atoms with Crippen molar-refractivity contribution in [2.24, 2.45) is 0 Å². The van der Waals surface area contributed by atoms with Crippen LogP contribution in [-0.2, 0) is 8.13 Å². The highest BCUT2D eigenvalue weighted by Crippen LogP contribution is 2.56. The Labute approximate surface area is 139 Å². The van der Waals surface area contributed by atoms with Crippen LogP contribution in [0, 0.1) is 0 Å². The lowest BCUT2D eigenvalue weighted by Gasteiger charge is -2.31. The lowest BCUT2D eigenvalue weighted by atomic mass is 10.1. The highest BCUT2D eigenvalue weighted by Gasteiger charge is 2.49. The molecule has 0 saturated carbocycles. The van der Waals surface area contributed by atoms with E-state index in [1.165, 1.54) is 12.1 Å². The van der Waals surface area contributed by atoms with Crippen LogP contribution >= 0.6 is 92.8 Å². The van der Waals surface area contributed by atoms with E-state index in [1.807, 2.05) is 0 Å². The summed E-state index contributed by atoms with van der Waals surface area (Å²) in [6.07, 6.45) is 0.